The van der Waals surface area contributed by atoms with Crippen LogP contribution in [-0.2, 0) is 5.75 Å². The number of hydrogen-bond acceptors (Lipinski definition) is 3. The molecule has 1 heterocycles. The topological polar surface area (TPSA) is 12.9 Å². The summed E-state index contributed by atoms with van der Waals surface area (Å²) in [6, 6.07) is 3.41. The summed E-state index contributed by atoms with van der Waals surface area (Å²) in [7, 11) is 0. The molecular formula is C10H6ClF2NS2. The van der Waals surface area contributed by atoms with Crippen LogP contribution in [0.1, 0.15) is 4.88 Å². The first-order valence-electron chi connectivity index (χ1n) is 4.33. The maximum Gasteiger partial charge on any atom is 0.183 e. The maximum atomic E-state index is 13.3. The highest BCUT2D eigenvalue weighted by Gasteiger charge is 2.06. The van der Waals surface area contributed by atoms with Gasteiger partial charge in [-0.15, -0.1) is 23.1 Å². The van der Waals surface area contributed by atoms with Crippen molar-refractivity contribution < 1.29 is 8.78 Å². The van der Waals surface area contributed by atoms with Crippen LogP contribution in [0.5, 0.6) is 0 Å². The molecule has 6 heteroatoms. The Kier molecular flexibility index (Phi) is 3.78. The molecule has 1 aromatic heterocycles. The third kappa shape index (κ3) is 2.93. The summed E-state index contributed by atoms with van der Waals surface area (Å²) in [4.78, 5) is 5.10. The van der Waals surface area contributed by atoms with Crippen molar-refractivity contribution in [1.29, 1.82) is 0 Å². The summed E-state index contributed by atoms with van der Waals surface area (Å²) >= 11 is 8.22. The molecule has 0 unspecified atom stereocenters. The first-order valence-corrected chi connectivity index (χ1v) is 6.51. The van der Waals surface area contributed by atoms with Crippen LogP contribution >= 0.6 is 34.7 Å². The fourth-order valence-electron chi connectivity index (χ4n) is 1.09. The van der Waals surface area contributed by atoms with Gasteiger partial charge in [-0.1, -0.05) is 11.6 Å². The van der Waals surface area contributed by atoms with Gasteiger partial charge in [-0.2, -0.15) is 0 Å². The molecule has 0 fully saturated rings. The minimum atomic E-state index is -0.439. The molecule has 1 aromatic carbocycles. The Bertz CT molecular complexity index is 501. The van der Waals surface area contributed by atoms with Crippen LogP contribution in [0, 0.1) is 11.6 Å². The molecule has 0 radical (unpaired) electrons. The third-order valence-electron chi connectivity index (χ3n) is 1.79. The molecule has 0 amide bonds. The van der Waals surface area contributed by atoms with Crippen molar-refractivity contribution in [2.24, 2.45) is 0 Å². The summed E-state index contributed by atoms with van der Waals surface area (Å²) in [6.07, 6.45) is 1.64. The number of nitrogens with zero attached hydrogens (tertiary/aromatic N) is 1. The van der Waals surface area contributed by atoms with Gasteiger partial charge in [-0.3, -0.25) is 0 Å². The van der Waals surface area contributed by atoms with Crippen LogP contribution in [0.4, 0.5) is 8.78 Å². The van der Waals surface area contributed by atoms with Crippen molar-refractivity contribution >= 4 is 34.7 Å². The summed E-state index contributed by atoms with van der Waals surface area (Å²) in [5, 5.41) is 0. The maximum absolute atomic E-state index is 13.3. The van der Waals surface area contributed by atoms with Gasteiger partial charge in [0.15, 0.2) is 4.47 Å². The lowest BCUT2D eigenvalue weighted by Gasteiger charge is -2.01. The van der Waals surface area contributed by atoms with Gasteiger partial charge in [0.1, 0.15) is 11.6 Å². The SMILES string of the molecule is Fc1ccc(F)c(SCc2cnc(Cl)s2)c1. The molecule has 2 aromatic rings. The average Bonchev–Trinajstić information content (AvgIpc) is 2.66. The minimum Gasteiger partial charge on any atom is -0.233 e. The number of rotatable bonds is 3. The lowest BCUT2D eigenvalue weighted by Crippen LogP contribution is -1.84. The predicted octanol–water partition coefficient (Wildman–Crippen LogP) is 4.37. The largest absolute Gasteiger partial charge is 0.233 e. The molecule has 84 valence electrons. The van der Waals surface area contributed by atoms with E-state index in [1.807, 2.05) is 0 Å². The molecule has 2 rings (SSSR count). The zero-order valence-electron chi connectivity index (χ0n) is 7.91. The number of thiazole rings is 1. The van der Waals surface area contributed by atoms with Crippen LogP contribution in [0.3, 0.4) is 0 Å². The first kappa shape index (κ1) is 11.8. The highest BCUT2D eigenvalue weighted by Crippen LogP contribution is 2.29. The lowest BCUT2D eigenvalue weighted by atomic mass is 10.3. The van der Waals surface area contributed by atoms with E-state index in [9.17, 15) is 8.78 Å². The highest BCUT2D eigenvalue weighted by atomic mass is 35.5. The van der Waals surface area contributed by atoms with Gasteiger partial charge < -0.3 is 0 Å². The van der Waals surface area contributed by atoms with E-state index >= 15 is 0 Å². The fraction of sp³-hybridized carbons (Fsp3) is 0.100. The smallest absolute Gasteiger partial charge is 0.183 e. The molecule has 0 spiro atoms. The summed E-state index contributed by atoms with van der Waals surface area (Å²) in [5.41, 5.74) is 0. The lowest BCUT2D eigenvalue weighted by molar-refractivity contribution is 0.577. The van der Waals surface area contributed by atoms with Crippen LogP contribution < -0.4 is 0 Å². The third-order valence-corrected chi connectivity index (χ3v) is 4.17. The number of benzene rings is 1. The van der Waals surface area contributed by atoms with Gasteiger partial charge in [0.25, 0.3) is 0 Å². The van der Waals surface area contributed by atoms with Crippen LogP contribution in [-0.4, -0.2) is 4.98 Å². The normalized spacial score (nSPS) is 10.7. The molecule has 0 bridgehead atoms. The summed E-state index contributed by atoms with van der Waals surface area (Å²) in [5.74, 6) is -0.321. The van der Waals surface area contributed by atoms with Gasteiger partial charge >= 0.3 is 0 Å². The molecular weight excluding hydrogens is 272 g/mol. The Morgan fingerprint density at radius 1 is 1.38 bits per heavy atom. The zero-order valence-corrected chi connectivity index (χ0v) is 10.3. The van der Waals surface area contributed by atoms with Gasteiger partial charge in [-0.05, 0) is 18.2 Å². The standard InChI is InChI=1S/C10H6ClF2NS2/c11-10-14-4-7(16-10)5-15-9-3-6(12)1-2-8(9)13/h1-4H,5H2. The van der Waals surface area contributed by atoms with E-state index in [1.54, 1.807) is 6.20 Å². The molecule has 0 atom stereocenters. The van der Waals surface area contributed by atoms with E-state index in [2.05, 4.69) is 4.98 Å². The van der Waals surface area contributed by atoms with Crippen LogP contribution in [0.15, 0.2) is 29.3 Å². The Labute approximate surface area is 104 Å². The Balaban J connectivity index is 2.07. The zero-order chi connectivity index (χ0) is 11.5. The molecule has 0 saturated carbocycles. The second-order valence-electron chi connectivity index (χ2n) is 2.94. The van der Waals surface area contributed by atoms with Crippen molar-refractivity contribution in [3.05, 3.63) is 45.4 Å². The molecule has 0 N–H and O–H groups in total. The van der Waals surface area contributed by atoms with Gasteiger partial charge in [-0.25, -0.2) is 13.8 Å². The van der Waals surface area contributed by atoms with Gasteiger partial charge in [0.05, 0.1) is 0 Å². The number of aromatic nitrogens is 1. The summed E-state index contributed by atoms with van der Waals surface area (Å²) in [6.45, 7) is 0. The number of halogens is 3. The Hall–Kier alpha value is -0.650. The first-order chi connectivity index (χ1) is 7.65. The summed E-state index contributed by atoms with van der Waals surface area (Å²) < 4.78 is 26.6. The molecule has 16 heavy (non-hydrogen) atoms. The quantitative estimate of drug-likeness (QED) is 0.773. The van der Waals surface area contributed by atoms with Crippen molar-refractivity contribution in [2.45, 2.75) is 10.6 Å². The van der Waals surface area contributed by atoms with Gasteiger partial charge in [0.2, 0.25) is 0 Å². The molecule has 1 nitrogen and oxygen atoms in total. The minimum absolute atomic E-state index is 0.296. The van der Waals surface area contributed by atoms with E-state index in [-0.39, 0.29) is 0 Å². The number of hydrogen-bond donors (Lipinski definition) is 0. The van der Waals surface area contributed by atoms with Crippen molar-refractivity contribution in [3.63, 3.8) is 0 Å². The van der Waals surface area contributed by atoms with E-state index in [1.165, 1.54) is 29.2 Å². The van der Waals surface area contributed by atoms with E-state index in [0.29, 0.717) is 15.1 Å². The van der Waals surface area contributed by atoms with Crippen molar-refractivity contribution in [1.82, 2.24) is 4.98 Å². The Morgan fingerprint density at radius 2 is 2.19 bits per heavy atom. The molecule has 0 aliphatic heterocycles. The molecule has 0 saturated heterocycles. The second kappa shape index (κ2) is 5.12. The molecule has 0 aliphatic rings. The monoisotopic (exact) mass is 277 g/mol. The predicted molar refractivity (Wildman–Crippen MR) is 63.0 cm³/mol. The van der Waals surface area contributed by atoms with Crippen LogP contribution in [0.2, 0.25) is 4.47 Å². The van der Waals surface area contributed by atoms with E-state index in [4.69, 9.17) is 11.6 Å². The van der Waals surface area contributed by atoms with E-state index in [0.717, 1.165) is 17.0 Å². The van der Waals surface area contributed by atoms with Crippen molar-refractivity contribution in [2.75, 3.05) is 0 Å². The second-order valence-corrected chi connectivity index (χ2v) is 5.66. The fourth-order valence-corrected chi connectivity index (χ4v) is 3.05. The number of thioether (sulfide) groups is 1. The van der Waals surface area contributed by atoms with E-state index < -0.39 is 11.6 Å². The average molecular weight is 278 g/mol. The van der Waals surface area contributed by atoms with Crippen molar-refractivity contribution in [3.8, 4) is 0 Å². The Morgan fingerprint density at radius 3 is 2.88 bits per heavy atom. The molecule has 0 aliphatic carbocycles. The highest BCUT2D eigenvalue weighted by molar-refractivity contribution is 7.98. The van der Waals surface area contributed by atoms with Gasteiger partial charge in [0, 0.05) is 21.7 Å². The van der Waals surface area contributed by atoms with Crippen LogP contribution in [0.25, 0.3) is 0 Å².